The topological polar surface area (TPSA) is 58.2 Å². The molecule has 1 atom stereocenters. The van der Waals surface area contributed by atoms with Gasteiger partial charge in [-0.2, -0.15) is 0 Å². The Morgan fingerprint density at radius 3 is 2.32 bits per heavy atom. The lowest BCUT2D eigenvalue weighted by Crippen LogP contribution is -2.36. The van der Waals surface area contributed by atoms with E-state index >= 15 is 0 Å². The van der Waals surface area contributed by atoms with E-state index in [4.69, 9.17) is 0 Å². The molecule has 4 nitrogen and oxygen atoms in total. The fraction of sp³-hybridized carbons (Fsp3) is 0.467. The number of hydrogen-bond acceptors (Lipinski definition) is 2. The van der Waals surface area contributed by atoms with Crippen LogP contribution in [0.4, 0.5) is 10.5 Å². The monoisotopic (exact) mass is 262 g/mol. The number of hydrogen-bond donors (Lipinski definition) is 2. The number of anilines is 1. The zero-order valence-electron chi connectivity index (χ0n) is 12.0. The maximum Gasteiger partial charge on any atom is 0.319 e. The van der Waals surface area contributed by atoms with Crippen molar-refractivity contribution in [1.29, 1.82) is 0 Å². The van der Waals surface area contributed by atoms with Gasteiger partial charge >= 0.3 is 6.03 Å². The molecule has 0 saturated heterocycles. The van der Waals surface area contributed by atoms with Crippen LogP contribution in [0.1, 0.15) is 39.7 Å². The second-order valence-corrected chi connectivity index (χ2v) is 5.73. The van der Waals surface area contributed by atoms with Crippen LogP contribution in [0.5, 0.6) is 0 Å². The van der Waals surface area contributed by atoms with E-state index in [9.17, 15) is 9.59 Å². The summed E-state index contributed by atoms with van der Waals surface area (Å²) in [5, 5.41) is 5.44. The number of amides is 2. The van der Waals surface area contributed by atoms with Crippen LogP contribution < -0.4 is 10.6 Å². The zero-order chi connectivity index (χ0) is 14.5. The summed E-state index contributed by atoms with van der Waals surface area (Å²) in [4.78, 5) is 22.0. The van der Waals surface area contributed by atoms with Crippen LogP contribution in [-0.4, -0.2) is 18.4 Å². The lowest BCUT2D eigenvalue weighted by molar-refractivity contribution is -0.108. The van der Waals surface area contributed by atoms with Gasteiger partial charge in [0.1, 0.15) is 6.29 Å². The third-order valence-corrected chi connectivity index (χ3v) is 2.84. The van der Waals surface area contributed by atoms with Gasteiger partial charge in [-0.25, -0.2) is 4.79 Å². The van der Waals surface area contributed by atoms with Crippen molar-refractivity contribution < 1.29 is 9.59 Å². The number of rotatable bonds is 4. The molecular formula is C15H22N2O2. The number of carbonyl (C=O) groups is 2. The van der Waals surface area contributed by atoms with Gasteiger partial charge in [-0.05, 0) is 30.0 Å². The smallest absolute Gasteiger partial charge is 0.319 e. The molecule has 1 aromatic carbocycles. The Kier molecular flexibility index (Phi) is 5.10. The molecule has 0 aromatic heterocycles. The summed E-state index contributed by atoms with van der Waals surface area (Å²) in [6.45, 7) is 8.21. The van der Waals surface area contributed by atoms with Crippen molar-refractivity contribution in [2.75, 3.05) is 5.32 Å². The molecule has 0 spiro atoms. The van der Waals surface area contributed by atoms with Crippen LogP contribution in [0.15, 0.2) is 24.3 Å². The van der Waals surface area contributed by atoms with Gasteiger partial charge in [0.15, 0.2) is 0 Å². The number of carbonyl (C=O) groups excluding carboxylic acids is 2. The van der Waals surface area contributed by atoms with Crippen molar-refractivity contribution in [3.05, 3.63) is 29.8 Å². The summed E-state index contributed by atoms with van der Waals surface area (Å²) in [5.74, 6) is 0. The van der Waals surface area contributed by atoms with Gasteiger partial charge in [0.2, 0.25) is 0 Å². The molecule has 0 fully saturated rings. The van der Waals surface area contributed by atoms with E-state index in [1.165, 1.54) is 5.56 Å². The molecule has 19 heavy (non-hydrogen) atoms. The van der Waals surface area contributed by atoms with Crippen molar-refractivity contribution in [2.45, 2.75) is 45.6 Å². The standard InChI is InChI=1S/C15H22N2O2/c1-11(9-10-18)16-14(19)17-13-7-5-12(6-8-13)15(2,3)4/h5-8,10-11H,9H2,1-4H3,(H2,16,17,19)/t11-/m0/s1. The molecule has 0 aliphatic heterocycles. The second-order valence-electron chi connectivity index (χ2n) is 5.73. The summed E-state index contributed by atoms with van der Waals surface area (Å²) in [5.41, 5.74) is 2.05. The highest BCUT2D eigenvalue weighted by Crippen LogP contribution is 2.23. The predicted octanol–water partition coefficient (Wildman–Crippen LogP) is 3.08. The Hall–Kier alpha value is -1.84. The molecule has 1 aromatic rings. The zero-order valence-corrected chi connectivity index (χ0v) is 12.0. The van der Waals surface area contributed by atoms with Gasteiger partial charge in [0.25, 0.3) is 0 Å². The molecule has 1 rings (SSSR count). The van der Waals surface area contributed by atoms with Gasteiger partial charge in [0, 0.05) is 18.2 Å². The highest BCUT2D eigenvalue weighted by atomic mass is 16.2. The first-order valence-corrected chi connectivity index (χ1v) is 6.44. The van der Waals surface area contributed by atoms with E-state index in [-0.39, 0.29) is 17.5 Å². The predicted molar refractivity (Wildman–Crippen MR) is 77.4 cm³/mol. The first kappa shape index (κ1) is 15.2. The maximum atomic E-state index is 11.6. The van der Waals surface area contributed by atoms with Crippen LogP contribution in [0.2, 0.25) is 0 Å². The summed E-state index contributed by atoms with van der Waals surface area (Å²) in [6.07, 6.45) is 1.11. The second kappa shape index (κ2) is 6.36. The van der Waals surface area contributed by atoms with Crippen LogP contribution in [0, 0.1) is 0 Å². The molecular weight excluding hydrogens is 240 g/mol. The molecule has 2 N–H and O–H groups in total. The summed E-state index contributed by atoms with van der Waals surface area (Å²) >= 11 is 0. The number of aldehydes is 1. The molecule has 0 bridgehead atoms. The van der Waals surface area contributed by atoms with Gasteiger partial charge in [-0.3, -0.25) is 0 Å². The van der Waals surface area contributed by atoms with Crippen molar-refractivity contribution in [3.8, 4) is 0 Å². The molecule has 0 aliphatic carbocycles. The SMILES string of the molecule is C[C@@H](CC=O)NC(=O)Nc1ccc(C(C)(C)C)cc1. The molecule has 0 aliphatic rings. The Morgan fingerprint density at radius 1 is 1.26 bits per heavy atom. The fourth-order valence-corrected chi connectivity index (χ4v) is 1.65. The van der Waals surface area contributed by atoms with Gasteiger partial charge in [0.05, 0.1) is 0 Å². The van der Waals surface area contributed by atoms with Crippen LogP contribution in [0.3, 0.4) is 0 Å². The fourth-order valence-electron chi connectivity index (χ4n) is 1.65. The van der Waals surface area contributed by atoms with Crippen molar-refractivity contribution >= 4 is 18.0 Å². The van der Waals surface area contributed by atoms with Crippen LogP contribution >= 0.6 is 0 Å². The lowest BCUT2D eigenvalue weighted by atomic mass is 9.87. The molecule has 104 valence electrons. The molecule has 0 radical (unpaired) electrons. The van der Waals surface area contributed by atoms with Crippen LogP contribution in [-0.2, 0) is 10.2 Å². The minimum atomic E-state index is -0.294. The van der Waals surface area contributed by atoms with E-state index in [0.717, 1.165) is 12.0 Å². The van der Waals surface area contributed by atoms with Crippen molar-refractivity contribution in [2.24, 2.45) is 0 Å². The van der Waals surface area contributed by atoms with E-state index < -0.39 is 0 Å². The third kappa shape index (κ3) is 5.12. The molecule has 0 unspecified atom stereocenters. The Bertz CT molecular complexity index is 432. The van der Waals surface area contributed by atoms with E-state index in [0.29, 0.717) is 6.42 Å². The number of nitrogens with one attached hydrogen (secondary N) is 2. The normalized spacial score (nSPS) is 12.6. The van der Waals surface area contributed by atoms with Crippen LogP contribution in [0.25, 0.3) is 0 Å². The van der Waals surface area contributed by atoms with Gasteiger partial charge < -0.3 is 15.4 Å². The largest absolute Gasteiger partial charge is 0.335 e. The summed E-state index contributed by atoms with van der Waals surface area (Å²) in [6, 6.07) is 7.31. The maximum absolute atomic E-state index is 11.6. The summed E-state index contributed by atoms with van der Waals surface area (Å²) < 4.78 is 0. The van der Waals surface area contributed by atoms with Gasteiger partial charge in [-0.15, -0.1) is 0 Å². The Balaban J connectivity index is 2.58. The van der Waals surface area contributed by atoms with Crippen molar-refractivity contribution in [1.82, 2.24) is 5.32 Å². The van der Waals surface area contributed by atoms with Gasteiger partial charge in [-0.1, -0.05) is 32.9 Å². The molecule has 4 heteroatoms. The summed E-state index contributed by atoms with van der Waals surface area (Å²) in [7, 11) is 0. The average molecular weight is 262 g/mol. The minimum absolute atomic E-state index is 0.0965. The minimum Gasteiger partial charge on any atom is -0.335 e. The van der Waals surface area contributed by atoms with Crippen molar-refractivity contribution in [3.63, 3.8) is 0 Å². The molecule has 0 heterocycles. The Morgan fingerprint density at radius 2 is 1.84 bits per heavy atom. The molecule has 2 amide bonds. The first-order chi connectivity index (χ1) is 8.82. The first-order valence-electron chi connectivity index (χ1n) is 6.44. The van der Waals surface area contributed by atoms with E-state index in [1.807, 2.05) is 24.3 Å². The number of urea groups is 1. The molecule has 0 saturated carbocycles. The highest BCUT2D eigenvalue weighted by molar-refractivity contribution is 5.89. The number of benzene rings is 1. The Labute approximate surface area is 114 Å². The highest BCUT2D eigenvalue weighted by Gasteiger charge is 2.13. The van der Waals surface area contributed by atoms with E-state index in [1.54, 1.807) is 6.92 Å². The van der Waals surface area contributed by atoms with E-state index in [2.05, 4.69) is 31.4 Å². The third-order valence-electron chi connectivity index (χ3n) is 2.84. The average Bonchev–Trinajstić information content (AvgIpc) is 2.28. The lowest BCUT2D eigenvalue weighted by Gasteiger charge is -2.19. The quantitative estimate of drug-likeness (QED) is 0.819.